The van der Waals surface area contributed by atoms with Gasteiger partial charge in [-0.1, -0.05) is 19.1 Å². The molecule has 1 aromatic carbocycles. The molecule has 0 aliphatic heterocycles. The fourth-order valence-corrected chi connectivity index (χ4v) is 1.99. The lowest BCUT2D eigenvalue weighted by Gasteiger charge is -2.14. The standard InChI is InChI=1S/C16H20N2O2/c1-4-17-12(2)13-9-10-18-16(11-13)20-15-8-6-5-7-14(15)19-3/h5-12,17H,4H2,1-3H3. The van der Waals surface area contributed by atoms with Crippen LogP contribution >= 0.6 is 0 Å². The summed E-state index contributed by atoms with van der Waals surface area (Å²) in [5.41, 5.74) is 1.15. The summed E-state index contributed by atoms with van der Waals surface area (Å²) in [6, 6.07) is 11.7. The van der Waals surface area contributed by atoms with E-state index in [1.807, 2.05) is 36.4 Å². The third kappa shape index (κ3) is 3.48. The molecule has 1 N–H and O–H groups in total. The third-order valence-electron chi connectivity index (χ3n) is 3.05. The summed E-state index contributed by atoms with van der Waals surface area (Å²) < 4.78 is 11.1. The molecule has 2 rings (SSSR count). The normalized spacial score (nSPS) is 11.9. The minimum atomic E-state index is 0.267. The van der Waals surface area contributed by atoms with Crippen molar-refractivity contribution in [3.63, 3.8) is 0 Å². The zero-order valence-corrected chi connectivity index (χ0v) is 12.1. The Labute approximate surface area is 119 Å². The van der Waals surface area contributed by atoms with Crippen LogP contribution in [0.1, 0.15) is 25.5 Å². The van der Waals surface area contributed by atoms with E-state index in [-0.39, 0.29) is 6.04 Å². The average molecular weight is 272 g/mol. The van der Waals surface area contributed by atoms with E-state index in [1.54, 1.807) is 13.3 Å². The SMILES string of the molecule is CCNC(C)c1ccnc(Oc2ccccc2OC)c1. The van der Waals surface area contributed by atoms with E-state index in [0.29, 0.717) is 17.4 Å². The molecule has 1 heterocycles. The molecule has 0 amide bonds. The van der Waals surface area contributed by atoms with Crippen molar-refractivity contribution >= 4 is 0 Å². The fraction of sp³-hybridized carbons (Fsp3) is 0.312. The van der Waals surface area contributed by atoms with E-state index in [1.165, 1.54) is 0 Å². The molecule has 2 aromatic rings. The number of benzene rings is 1. The lowest BCUT2D eigenvalue weighted by Crippen LogP contribution is -2.17. The van der Waals surface area contributed by atoms with Crippen LogP contribution in [-0.2, 0) is 0 Å². The monoisotopic (exact) mass is 272 g/mol. The van der Waals surface area contributed by atoms with Gasteiger partial charge in [0, 0.05) is 18.3 Å². The third-order valence-corrected chi connectivity index (χ3v) is 3.05. The predicted molar refractivity (Wildman–Crippen MR) is 79.4 cm³/mol. The van der Waals surface area contributed by atoms with Crippen LogP contribution in [0.25, 0.3) is 0 Å². The minimum absolute atomic E-state index is 0.267. The molecule has 0 radical (unpaired) electrons. The first kappa shape index (κ1) is 14.3. The molecule has 20 heavy (non-hydrogen) atoms. The lowest BCUT2D eigenvalue weighted by molar-refractivity contribution is 0.374. The van der Waals surface area contributed by atoms with Gasteiger partial charge in [-0.2, -0.15) is 0 Å². The van der Waals surface area contributed by atoms with Crippen molar-refractivity contribution in [2.24, 2.45) is 0 Å². The fourth-order valence-electron chi connectivity index (χ4n) is 1.99. The summed E-state index contributed by atoms with van der Waals surface area (Å²) in [6.45, 7) is 5.13. The van der Waals surface area contributed by atoms with Crippen molar-refractivity contribution in [2.75, 3.05) is 13.7 Å². The molecular formula is C16H20N2O2. The van der Waals surface area contributed by atoms with Gasteiger partial charge in [-0.05, 0) is 37.2 Å². The van der Waals surface area contributed by atoms with Gasteiger partial charge in [0.05, 0.1) is 7.11 Å². The van der Waals surface area contributed by atoms with Gasteiger partial charge in [-0.3, -0.25) is 0 Å². The van der Waals surface area contributed by atoms with Gasteiger partial charge in [0.15, 0.2) is 11.5 Å². The molecule has 0 spiro atoms. The van der Waals surface area contributed by atoms with E-state index in [4.69, 9.17) is 9.47 Å². The molecule has 0 aliphatic carbocycles. The lowest BCUT2D eigenvalue weighted by atomic mass is 10.1. The molecule has 0 aliphatic rings. The maximum Gasteiger partial charge on any atom is 0.219 e. The quantitative estimate of drug-likeness (QED) is 0.873. The summed E-state index contributed by atoms with van der Waals surface area (Å²) >= 11 is 0. The molecule has 4 nitrogen and oxygen atoms in total. The van der Waals surface area contributed by atoms with Crippen molar-refractivity contribution in [3.8, 4) is 17.4 Å². The van der Waals surface area contributed by atoms with E-state index >= 15 is 0 Å². The van der Waals surface area contributed by atoms with E-state index in [0.717, 1.165) is 12.1 Å². The van der Waals surface area contributed by atoms with Crippen LogP contribution in [0.2, 0.25) is 0 Å². The number of pyridine rings is 1. The second-order valence-corrected chi connectivity index (χ2v) is 4.46. The maximum absolute atomic E-state index is 5.81. The number of hydrogen-bond donors (Lipinski definition) is 1. The Morgan fingerprint density at radius 1 is 1.20 bits per heavy atom. The number of rotatable bonds is 6. The second-order valence-electron chi connectivity index (χ2n) is 4.46. The highest BCUT2D eigenvalue weighted by Gasteiger charge is 2.08. The summed E-state index contributed by atoms with van der Waals surface area (Å²) in [5.74, 6) is 1.92. The number of hydrogen-bond acceptors (Lipinski definition) is 4. The van der Waals surface area contributed by atoms with Crippen LogP contribution in [0.4, 0.5) is 0 Å². The van der Waals surface area contributed by atoms with Gasteiger partial charge >= 0.3 is 0 Å². The topological polar surface area (TPSA) is 43.4 Å². The zero-order valence-electron chi connectivity index (χ0n) is 12.1. The van der Waals surface area contributed by atoms with Crippen molar-refractivity contribution in [2.45, 2.75) is 19.9 Å². The number of para-hydroxylation sites is 2. The minimum Gasteiger partial charge on any atom is -0.493 e. The molecule has 0 fully saturated rings. The Kier molecular flexibility index (Phi) is 4.96. The van der Waals surface area contributed by atoms with Gasteiger partial charge in [-0.15, -0.1) is 0 Å². The van der Waals surface area contributed by atoms with Crippen LogP contribution in [0.5, 0.6) is 17.4 Å². The van der Waals surface area contributed by atoms with Crippen LogP contribution in [0.15, 0.2) is 42.6 Å². The van der Waals surface area contributed by atoms with Crippen LogP contribution in [-0.4, -0.2) is 18.6 Å². The van der Waals surface area contributed by atoms with Crippen LogP contribution < -0.4 is 14.8 Å². The molecule has 4 heteroatoms. The number of aromatic nitrogens is 1. The number of methoxy groups -OCH3 is 1. The van der Waals surface area contributed by atoms with Crippen molar-refractivity contribution in [1.29, 1.82) is 0 Å². The summed E-state index contributed by atoms with van der Waals surface area (Å²) in [4.78, 5) is 4.25. The van der Waals surface area contributed by atoms with Gasteiger partial charge < -0.3 is 14.8 Å². The number of nitrogens with one attached hydrogen (secondary N) is 1. The van der Waals surface area contributed by atoms with E-state index in [9.17, 15) is 0 Å². The Morgan fingerprint density at radius 3 is 2.65 bits per heavy atom. The molecule has 0 saturated heterocycles. The Morgan fingerprint density at radius 2 is 1.95 bits per heavy atom. The smallest absolute Gasteiger partial charge is 0.219 e. The van der Waals surface area contributed by atoms with Gasteiger partial charge in [-0.25, -0.2) is 4.98 Å². The Balaban J connectivity index is 2.19. The Bertz CT molecular complexity index is 558. The summed E-state index contributed by atoms with van der Waals surface area (Å²) in [5, 5.41) is 3.37. The van der Waals surface area contributed by atoms with Gasteiger partial charge in [0.1, 0.15) is 0 Å². The van der Waals surface area contributed by atoms with E-state index < -0.39 is 0 Å². The molecule has 106 valence electrons. The molecule has 1 unspecified atom stereocenters. The maximum atomic E-state index is 5.81. The van der Waals surface area contributed by atoms with Gasteiger partial charge in [0.2, 0.25) is 5.88 Å². The largest absolute Gasteiger partial charge is 0.493 e. The van der Waals surface area contributed by atoms with Crippen molar-refractivity contribution < 1.29 is 9.47 Å². The highest BCUT2D eigenvalue weighted by Crippen LogP contribution is 2.30. The second kappa shape index (κ2) is 6.91. The number of nitrogens with zero attached hydrogens (tertiary/aromatic N) is 1. The van der Waals surface area contributed by atoms with Crippen molar-refractivity contribution in [3.05, 3.63) is 48.2 Å². The summed E-state index contributed by atoms with van der Waals surface area (Å²) in [7, 11) is 1.62. The van der Waals surface area contributed by atoms with Crippen LogP contribution in [0, 0.1) is 0 Å². The summed E-state index contributed by atoms with van der Waals surface area (Å²) in [6.07, 6.45) is 1.76. The molecule has 0 bridgehead atoms. The first-order valence-corrected chi connectivity index (χ1v) is 6.74. The Hall–Kier alpha value is -2.07. The molecule has 1 atom stereocenters. The highest BCUT2D eigenvalue weighted by molar-refractivity contribution is 5.41. The molecular weight excluding hydrogens is 252 g/mol. The van der Waals surface area contributed by atoms with Gasteiger partial charge in [0.25, 0.3) is 0 Å². The van der Waals surface area contributed by atoms with Crippen LogP contribution in [0.3, 0.4) is 0 Å². The highest BCUT2D eigenvalue weighted by atomic mass is 16.5. The molecule has 0 saturated carbocycles. The first-order chi connectivity index (χ1) is 9.74. The zero-order chi connectivity index (χ0) is 14.4. The first-order valence-electron chi connectivity index (χ1n) is 6.74. The predicted octanol–water partition coefficient (Wildman–Crippen LogP) is 3.55. The average Bonchev–Trinajstić information content (AvgIpc) is 2.48. The molecule has 1 aromatic heterocycles. The van der Waals surface area contributed by atoms with Crippen molar-refractivity contribution in [1.82, 2.24) is 10.3 Å². The van der Waals surface area contributed by atoms with E-state index in [2.05, 4.69) is 24.1 Å². The number of ether oxygens (including phenoxy) is 2.